The molecule has 56 heavy (non-hydrogen) atoms. The number of aromatic nitrogens is 1. The minimum atomic E-state index is -5.68. The van der Waals surface area contributed by atoms with Crippen LogP contribution in [0.15, 0.2) is 35.7 Å². The molecule has 0 radical (unpaired) electrons. The number of hydrogen-bond donors (Lipinski definition) is 3. The van der Waals surface area contributed by atoms with Crippen LogP contribution in [0.4, 0.5) is 18.0 Å². The van der Waals surface area contributed by atoms with Crippen molar-refractivity contribution in [3.63, 3.8) is 0 Å². The van der Waals surface area contributed by atoms with Gasteiger partial charge in [0.15, 0.2) is 11.9 Å². The number of rotatable bonds is 20. The number of ether oxygens (including phenoxy) is 1. The first kappa shape index (κ1) is 45.1. The zero-order valence-corrected chi connectivity index (χ0v) is 34.7. The van der Waals surface area contributed by atoms with E-state index < -0.39 is 63.7 Å². The second-order valence-electron chi connectivity index (χ2n) is 15.5. The lowest BCUT2D eigenvalue weighted by Crippen LogP contribution is -2.53. The normalized spacial score (nSPS) is 21.0. The van der Waals surface area contributed by atoms with Gasteiger partial charge in [0, 0.05) is 62.9 Å². The van der Waals surface area contributed by atoms with Crippen molar-refractivity contribution < 1.29 is 45.5 Å². The van der Waals surface area contributed by atoms with Gasteiger partial charge in [0.1, 0.15) is 10.7 Å². The van der Waals surface area contributed by atoms with E-state index in [1.165, 1.54) is 10.1 Å². The summed E-state index contributed by atoms with van der Waals surface area (Å²) in [5.41, 5.74) is -5.52. The fraction of sp³-hybridized carbons (Fsp3) is 0.658. The van der Waals surface area contributed by atoms with Gasteiger partial charge in [-0.15, -0.1) is 11.3 Å². The van der Waals surface area contributed by atoms with Crippen LogP contribution in [0, 0.1) is 23.7 Å². The maximum atomic E-state index is 14.3. The maximum Gasteiger partial charge on any atom is 0.511 e. The number of carbonyl (C=O) groups excluding carboxylic acids is 4. The van der Waals surface area contributed by atoms with Crippen molar-refractivity contribution in [2.75, 3.05) is 33.7 Å². The molecule has 3 N–H and O–H groups in total. The number of alkyl carbamates (subject to hydrolysis) is 1. The summed E-state index contributed by atoms with van der Waals surface area (Å²) in [4.78, 5) is 62.6. The molecule has 312 valence electrons. The lowest BCUT2D eigenvalue weighted by atomic mass is 9.68. The lowest BCUT2D eigenvalue weighted by molar-refractivity contribution is -0.144. The quantitative estimate of drug-likeness (QED) is 0.161. The molecule has 1 aliphatic carbocycles. The van der Waals surface area contributed by atoms with Crippen LogP contribution in [0.1, 0.15) is 93.9 Å². The molecule has 2 aromatic rings. The molecular formula is C38H55F3N6O7S2. The lowest BCUT2D eigenvalue weighted by Gasteiger charge is -2.41. The fourth-order valence-corrected chi connectivity index (χ4v) is 9.17. The highest BCUT2D eigenvalue weighted by Crippen LogP contribution is 2.51. The Morgan fingerprint density at radius 3 is 2.32 bits per heavy atom. The molecule has 0 spiro atoms. The molecule has 3 aliphatic rings. The third-order valence-corrected chi connectivity index (χ3v) is 13.3. The van der Waals surface area contributed by atoms with Gasteiger partial charge >= 0.3 is 21.6 Å². The Morgan fingerprint density at radius 2 is 1.77 bits per heavy atom. The van der Waals surface area contributed by atoms with E-state index in [0.29, 0.717) is 17.9 Å². The number of halogens is 3. The zero-order valence-electron chi connectivity index (χ0n) is 33.0. The predicted molar refractivity (Wildman–Crippen MR) is 206 cm³/mol. The number of alkyl halides is 3. The largest absolute Gasteiger partial charge is 0.511 e. The van der Waals surface area contributed by atoms with Gasteiger partial charge in [-0.25, -0.2) is 22.9 Å². The first-order chi connectivity index (χ1) is 26.2. The summed E-state index contributed by atoms with van der Waals surface area (Å²) < 4.78 is 70.2. The molecule has 5 rings (SSSR count). The second kappa shape index (κ2) is 18.8. The van der Waals surface area contributed by atoms with Gasteiger partial charge in [0.25, 0.3) is 5.91 Å². The number of amides is 3. The summed E-state index contributed by atoms with van der Waals surface area (Å²) in [5, 5.41) is 6.83. The van der Waals surface area contributed by atoms with Gasteiger partial charge in [-0.3, -0.25) is 19.3 Å². The third-order valence-electron chi connectivity index (χ3n) is 11.2. The Morgan fingerprint density at radius 1 is 1.11 bits per heavy atom. The number of benzene rings is 1. The molecule has 2 aliphatic heterocycles. The monoisotopic (exact) mass is 828 g/mol. The maximum absolute atomic E-state index is 14.3. The Balaban J connectivity index is 1.55. The zero-order chi connectivity index (χ0) is 41.6. The van der Waals surface area contributed by atoms with Crippen LogP contribution in [-0.2, 0) is 30.8 Å². The smallest absolute Gasteiger partial charge is 0.439 e. The van der Waals surface area contributed by atoms with E-state index in [9.17, 15) is 40.8 Å². The molecule has 3 fully saturated rings. The highest BCUT2D eigenvalue weighted by atomic mass is 32.2. The highest BCUT2D eigenvalue weighted by Gasteiger charge is 2.59. The molecular weight excluding hydrogens is 774 g/mol. The first-order valence-electron chi connectivity index (χ1n) is 19.0. The van der Waals surface area contributed by atoms with Crippen LogP contribution in [0.3, 0.4) is 0 Å². The number of nitrogens with one attached hydrogen (secondary N) is 3. The van der Waals surface area contributed by atoms with E-state index in [-0.39, 0.29) is 60.0 Å². The van der Waals surface area contributed by atoms with Crippen LogP contribution in [0.2, 0.25) is 0 Å². The number of Topliss-reactive ketones (excluding diaryl/α,β-unsaturated/α-hetero) is 1. The van der Waals surface area contributed by atoms with Gasteiger partial charge in [-0.2, -0.15) is 13.2 Å². The van der Waals surface area contributed by atoms with E-state index in [4.69, 9.17) is 4.74 Å². The van der Waals surface area contributed by atoms with E-state index in [0.717, 1.165) is 30.7 Å². The molecule has 2 saturated heterocycles. The van der Waals surface area contributed by atoms with E-state index in [1.54, 1.807) is 49.2 Å². The summed E-state index contributed by atoms with van der Waals surface area (Å²) in [6.45, 7) is 9.96. The Hall–Kier alpha value is -3.61. The number of ketones is 1. The number of thiazole rings is 1. The minimum Gasteiger partial charge on any atom is -0.439 e. The second-order valence-corrected chi connectivity index (χ2v) is 18.1. The van der Waals surface area contributed by atoms with Crippen molar-refractivity contribution in [3.05, 3.63) is 52.0 Å². The standard InChI is InChI=1S/C38H55F3N6O7S2/c1-8-24(5)28(16-32(48)37-18-26(19-37)21-46(37)6)35(50)47(7)30(23(3)4)17-31(54-36(51)42-9-2)34-45-29(22-55-34)33(49)44-27(15-25-13-11-10-12-14-25)20-43-56(52,53)38(39,40)41/h10-14,22-24,26-28,30-31,43H,8-9,15-21H2,1-7H3,(H,42,51)(H,44,49)/t24-,26?,27-,28-,30+,31+,37?/m0/s1. The molecule has 2 bridgehead atoms. The molecule has 1 aromatic carbocycles. The topological polar surface area (TPSA) is 167 Å². The van der Waals surface area contributed by atoms with Crippen molar-refractivity contribution in [2.24, 2.45) is 23.7 Å². The highest BCUT2D eigenvalue weighted by molar-refractivity contribution is 7.90. The van der Waals surface area contributed by atoms with Gasteiger partial charge in [-0.05, 0) is 56.6 Å². The summed E-state index contributed by atoms with van der Waals surface area (Å²) in [6.07, 6.45) is 0.835. The van der Waals surface area contributed by atoms with Gasteiger partial charge < -0.3 is 20.3 Å². The number of hydrogen-bond acceptors (Lipinski definition) is 10. The number of carbonyl (C=O) groups is 4. The Labute approximate surface area is 331 Å². The molecule has 3 amide bonds. The fourth-order valence-electron chi connectivity index (χ4n) is 7.75. The molecule has 0 unspecified atom stereocenters. The summed E-state index contributed by atoms with van der Waals surface area (Å²) in [7, 11) is -2.02. The Bertz CT molecular complexity index is 1790. The average Bonchev–Trinajstić information content (AvgIpc) is 3.83. The van der Waals surface area contributed by atoms with Crippen LogP contribution >= 0.6 is 11.3 Å². The van der Waals surface area contributed by atoms with E-state index >= 15 is 0 Å². The average molecular weight is 829 g/mol. The van der Waals surface area contributed by atoms with Crippen molar-refractivity contribution in [3.8, 4) is 0 Å². The summed E-state index contributed by atoms with van der Waals surface area (Å²) in [5.74, 6) is -1.11. The third kappa shape index (κ3) is 10.7. The number of fused-ring (bicyclic) bond motifs is 1. The number of likely N-dealkylation sites (N-methyl/N-ethyl adjacent to an activating group) is 1. The molecule has 1 aromatic heterocycles. The van der Waals surface area contributed by atoms with Crippen LogP contribution < -0.4 is 15.4 Å². The van der Waals surface area contributed by atoms with Crippen molar-refractivity contribution in [1.82, 2.24) is 30.1 Å². The minimum absolute atomic E-state index is 0.00471. The van der Waals surface area contributed by atoms with Gasteiger partial charge in [0.05, 0.1) is 5.54 Å². The van der Waals surface area contributed by atoms with Crippen LogP contribution in [0.25, 0.3) is 0 Å². The summed E-state index contributed by atoms with van der Waals surface area (Å²) in [6, 6.07) is 6.94. The first-order valence-corrected chi connectivity index (χ1v) is 21.4. The molecule has 3 heterocycles. The van der Waals surface area contributed by atoms with Crippen LogP contribution in [0.5, 0.6) is 0 Å². The number of nitrogens with zero attached hydrogens (tertiary/aromatic N) is 3. The van der Waals surface area contributed by atoms with Gasteiger partial charge in [0.2, 0.25) is 5.91 Å². The predicted octanol–water partition coefficient (Wildman–Crippen LogP) is 5.30. The van der Waals surface area contributed by atoms with E-state index in [1.807, 2.05) is 34.7 Å². The van der Waals surface area contributed by atoms with Gasteiger partial charge in [-0.1, -0.05) is 64.4 Å². The molecule has 5 atom stereocenters. The number of sulfonamides is 1. The summed E-state index contributed by atoms with van der Waals surface area (Å²) >= 11 is 1.02. The Kier molecular flexibility index (Phi) is 15.1. The van der Waals surface area contributed by atoms with Crippen LogP contribution in [-0.4, -0.2) is 104 Å². The SMILES string of the molecule is CCNC(=O)O[C@H](C[C@H](C(C)C)N(C)C(=O)[C@@H](CC(=O)C12CC(CN1C)C2)[C@@H](C)CC)c1nc(C(=O)N[C@H](CNS(=O)(=O)C(F)(F)F)Cc2ccccc2)cs1. The molecule has 18 heteroatoms. The molecule has 13 nitrogen and oxygen atoms in total. The van der Waals surface area contributed by atoms with E-state index in [2.05, 4.69) is 20.5 Å². The van der Waals surface area contributed by atoms with Crippen molar-refractivity contribution in [1.29, 1.82) is 0 Å². The molecule has 1 saturated carbocycles. The van der Waals surface area contributed by atoms with Crippen molar-refractivity contribution >= 4 is 45.1 Å². The van der Waals surface area contributed by atoms with Crippen molar-refractivity contribution in [2.45, 2.75) is 102 Å².